The molecule has 0 aromatic carbocycles. The largest absolute Gasteiger partial charge is 0.489 e. The molecule has 0 spiro atoms. The van der Waals surface area contributed by atoms with Crippen molar-refractivity contribution >= 4 is 24.2 Å². The molecule has 0 radical (unpaired) electrons. The van der Waals surface area contributed by atoms with Crippen LogP contribution in [0.15, 0.2) is 12.3 Å². The van der Waals surface area contributed by atoms with E-state index in [0.29, 0.717) is 18.8 Å². The predicted molar refractivity (Wildman–Crippen MR) is 53.7 cm³/mol. The van der Waals surface area contributed by atoms with Gasteiger partial charge in [-0.25, -0.2) is 4.98 Å². The van der Waals surface area contributed by atoms with Crippen LogP contribution < -0.4 is 5.46 Å². The van der Waals surface area contributed by atoms with E-state index in [1.165, 1.54) is 12.3 Å². The van der Waals surface area contributed by atoms with Gasteiger partial charge in [-0.1, -0.05) is 11.6 Å². The van der Waals surface area contributed by atoms with Crippen LogP contribution in [0.4, 0.5) is 0 Å². The molecule has 0 aliphatic carbocycles. The van der Waals surface area contributed by atoms with Crippen LogP contribution in [0, 0.1) is 0 Å². The van der Waals surface area contributed by atoms with Crippen LogP contribution in [-0.2, 0) is 9.47 Å². The number of nitrogens with zero attached hydrogens (tertiary/aromatic N) is 1. The van der Waals surface area contributed by atoms with Gasteiger partial charge in [0, 0.05) is 11.8 Å². The molecule has 0 amide bonds. The predicted octanol–water partition coefficient (Wildman–Crippen LogP) is -0.540. The molecule has 0 atom stereocenters. The maximum Gasteiger partial charge on any atom is 0.489 e. The van der Waals surface area contributed by atoms with Crippen molar-refractivity contribution in [3.05, 3.63) is 23.0 Å². The Morgan fingerprint density at radius 2 is 2.07 bits per heavy atom. The molecule has 2 heterocycles. The van der Waals surface area contributed by atoms with Crippen LogP contribution in [0.1, 0.15) is 11.9 Å². The number of pyridine rings is 1. The molecule has 1 aromatic rings. The van der Waals surface area contributed by atoms with Gasteiger partial charge >= 0.3 is 7.12 Å². The van der Waals surface area contributed by atoms with E-state index < -0.39 is 13.4 Å². The van der Waals surface area contributed by atoms with Crippen molar-refractivity contribution in [1.29, 1.82) is 0 Å². The van der Waals surface area contributed by atoms with E-state index in [1.807, 2.05) is 0 Å². The van der Waals surface area contributed by atoms with Gasteiger partial charge in [0.05, 0.1) is 13.2 Å². The fourth-order valence-corrected chi connectivity index (χ4v) is 1.70. The summed E-state index contributed by atoms with van der Waals surface area (Å²) in [6.07, 6.45) is 0.734. The minimum absolute atomic E-state index is 0.160. The van der Waals surface area contributed by atoms with E-state index in [1.54, 1.807) is 0 Å². The number of hydrogen-bond acceptors (Lipinski definition) is 5. The average molecular weight is 229 g/mol. The highest BCUT2D eigenvalue weighted by atomic mass is 35.5. The Morgan fingerprint density at radius 3 is 2.67 bits per heavy atom. The van der Waals surface area contributed by atoms with Crippen LogP contribution in [0.25, 0.3) is 0 Å². The molecule has 0 saturated carbocycles. The fraction of sp³-hybridized carbons (Fsp3) is 0.375. The van der Waals surface area contributed by atoms with Gasteiger partial charge in [0.2, 0.25) is 0 Å². The molecule has 1 aliphatic rings. The van der Waals surface area contributed by atoms with Gasteiger partial charge in [0.15, 0.2) is 6.29 Å². The van der Waals surface area contributed by atoms with E-state index in [0.717, 1.165) is 0 Å². The molecule has 0 unspecified atom stereocenters. The number of rotatable bonds is 2. The minimum atomic E-state index is -1.62. The fourth-order valence-electron chi connectivity index (χ4n) is 1.44. The molecule has 15 heavy (non-hydrogen) atoms. The molecular formula is C8H9BClNO4. The first-order valence-corrected chi connectivity index (χ1v) is 4.81. The molecule has 80 valence electrons. The van der Waals surface area contributed by atoms with E-state index >= 15 is 0 Å². The van der Waals surface area contributed by atoms with E-state index in [4.69, 9.17) is 31.1 Å². The Hall–Kier alpha value is -0.655. The quantitative estimate of drug-likeness (QED) is 0.526. The van der Waals surface area contributed by atoms with Gasteiger partial charge in [0.25, 0.3) is 0 Å². The van der Waals surface area contributed by atoms with Crippen LogP contribution >= 0.6 is 11.6 Å². The third kappa shape index (κ3) is 2.14. The zero-order valence-corrected chi connectivity index (χ0v) is 8.52. The van der Waals surface area contributed by atoms with Crippen molar-refractivity contribution in [2.24, 2.45) is 0 Å². The summed E-state index contributed by atoms with van der Waals surface area (Å²) in [7, 11) is -1.62. The lowest BCUT2D eigenvalue weighted by Gasteiger charge is -2.14. The highest BCUT2D eigenvalue weighted by molar-refractivity contribution is 6.59. The summed E-state index contributed by atoms with van der Waals surface area (Å²) in [5.41, 5.74) is 0.633. The monoisotopic (exact) mass is 229 g/mol. The Balaban J connectivity index is 2.41. The second-order valence-electron chi connectivity index (χ2n) is 3.05. The molecule has 0 bridgehead atoms. The van der Waals surface area contributed by atoms with Crippen LogP contribution in [0.2, 0.25) is 5.15 Å². The lowest BCUT2D eigenvalue weighted by atomic mass is 9.77. The molecule has 1 aromatic heterocycles. The summed E-state index contributed by atoms with van der Waals surface area (Å²) in [5.74, 6) is 0. The SMILES string of the molecule is OB(O)c1ccnc(Cl)c1C1OCCO1. The molecule has 2 N–H and O–H groups in total. The second kappa shape index (κ2) is 4.46. The lowest BCUT2D eigenvalue weighted by molar-refractivity contribution is -0.0436. The maximum atomic E-state index is 9.15. The molecule has 7 heteroatoms. The molecule has 1 fully saturated rings. The standard InChI is InChI=1S/C8H9BClNO4/c10-7-6(8-14-3-4-15-8)5(9(12)13)1-2-11-7/h1-2,8,12-13H,3-4H2. The van der Waals surface area contributed by atoms with Crippen LogP contribution in [-0.4, -0.2) is 35.4 Å². The molecule has 1 aliphatic heterocycles. The van der Waals surface area contributed by atoms with Gasteiger partial charge in [-0.15, -0.1) is 0 Å². The Kier molecular flexibility index (Phi) is 3.23. The summed E-state index contributed by atoms with van der Waals surface area (Å²) in [6, 6.07) is 1.47. The van der Waals surface area contributed by atoms with Crippen molar-refractivity contribution < 1.29 is 19.5 Å². The zero-order valence-electron chi connectivity index (χ0n) is 7.76. The topological polar surface area (TPSA) is 71.8 Å². The van der Waals surface area contributed by atoms with Crippen molar-refractivity contribution in [2.45, 2.75) is 6.29 Å². The molecule has 1 saturated heterocycles. The van der Waals surface area contributed by atoms with Gasteiger partial charge < -0.3 is 19.5 Å². The number of hydrogen-bond donors (Lipinski definition) is 2. The van der Waals surface area contributed by atoms with Crippen LogP contribution in [0.5, 0.6) is 0 Å². The number of aromatic nitrogens is 1. The lowest BCUT2D eigenvalue weighted by Crippen LogP contribution is -2.34. The first-order chi connectivity index (χ1) is 7.20. The first kappa shape index (κ1) is 10.8. The minimum Gasteiger partial charge on any atom is -0.423 e. The Morgan fingerprint density at radius 1 is 1.40 bits per heavy atom. The smallest absolute Gasteiger partial charge is 0.423 e. The van der Waals surface area contributed by atoms with Crippen LogP contribution in [0.3, 0.4) is 0 Å². The van der Waals surface area contributed by atoms with E-state index in [9.17, 15) is 0 Å². The summed E-state index contributed by atoms with van der Waals surface area (Å²) in [4.78, 5) is 3.85. The second-order valence-corrected chi connectivity index (χ2v) is 3.41. The van der Waals surface area contributed by atoms with E-state index in [2.05, 4.69) is 4.98 Å². The van der Waals surface area contributed by atoms with Crippen molar-refractivity contribution in [1.82, 2.24) is 4.98 Å². The molecular weight excluding hydrogens is 220 g/mol. The molecule has 2 rings (SSSR count). The number of halogens is 1. The van der Waals surface area contributed by atoms with Gasteiger partial charge in [-0.05, 0) is 11.5 Å². The summed E-state index contributed by atoms with van der Waals surface area (Å²) in [5, 5.41) is 18.5. The first-order valence-electron chi connectivity index (χ1n) is 4.44. The number of ether oxygens (including phenoxy) is 2. The van der Waals surface area contributed by atoms with Gasteiger partial charge in [0.1, 0.15) is 5.15 Å². The highest BCUT2D eigenvalue weighted by Gasteiger charge is 2.28. The van der Waals surface area contributed by atoms with Crippen molar-refractivity contribution in [2.75, 3.05) is 13.2 Å². The summed E-state index contributed by atoms with van der Waals surface area (Å²) < 4.78 is 10.5. The van der Waals surface area contributed by atoms with Gasteiger partial charge in [-0.3, -0.25) is 0 Å². The zero-order chi connectivity index (χ0) is 10.8. The third-order valence-electron chi connectivity index (χ3n) is 2.11. The summed E-state index contributed by atoms with van der Waals surface area (Å²) in [6.45, 7) is 0.910. The molecule has 5 nitrogen and oxygen atoms in total. The normalized spacial score (nSPS) is 17.0. The van der Waals surface area contributed by atoms with Crippen molar-refractivity contribution in [3.8, 4) is 0 Å². The average Bonchev–Trinajstić information content (AvgIpc) is 2.70. The highest BCUT2D eigenvalue weighted by Crippen LogP contribution is 2.26. The maximum absolute atomic E-state index is 9.15. The van der Waals surface area contributed by atoms with Gasteiger partial charge in [-0.2, -0.15) is 0 Å². The Labute approximate surface area is 91.8 Å². The Bertz CT molecular complexity index is 356. The summed E-state index contributed by atoms with van der Waals surface area (Å²) >= 11 is 5.86. The van der Waals surface area contributed by atoms with Crippen molar-refractivity contribution in [3.63, 3.8) is 0 Å². The van der Waals surface area contributed by atoms with E-state index in [-0.39, 0.29) is 10.6 Å². The third-order valence-corrected chi connectivity index (χ3v) is 2.41.